The topological polar surface area (TPSA) is 68.0 Å². The molecule has 0 aliphatic rings. The molecule has 0 saturated carbocycles. The van der Waals surface area contributed by atoms with Gasteiger partial charge in [-0.15, -0.1) is 0 Å². The molecule has 1 aromatic rings. The molecule has 1 amide bonds. The van der Waals surface area contributed by atoms with Gasteiger partial charge in [-0.25, -0.2) is 4.98 Å². The lowest BCUT2D eigenvalue weighted by molar-refractivity contribution is -0.116. The Labute approximate surface area is 136 Å². The highest BCUT2D eigenvalue weighted by Crippen LogP contribution is 2.32. The number of nitrogens with one attached hydrogen (secondary N) is 1. The summed E-state index contributed by atoms with van der Waals surface area (Å²) in [6, 6.07) is 1.86. The number of halogens is 1. The Morgan fingerprint density at radius 2 is 2.10 bits per heavy atom. The van der Waals surface area contributed by atoms with Crippen molar-refractivity contribution < 1.29 is 4.79 Å². The largest absolute Gasteiger partial charge is 0.330 e. The van der Waals surface area contributed by atoms with Gasteiger partial charge in [-0.1, -0.05) is 20.8 Å². The van der Waals surface area contributed by atoms with E-state index in [0.717, 1.165) is 22.9 Å². The third-order valence-corrected chi connectivity index (χ3v) is 4.60. The fourth-order valence-electron chi connectivity index (χ4n) is 2.33. The van der Waals surface area contributed by atoms with Gasteiger partial charge >= 0.3 is 0 Å². The van der Waals surface area contributed by atoms with E-state index in [0.29, 0.717) is 24.7 Å². The van der Waals surface area contributed by atoms with Crippen LogP contribution < -0.4 is 11.1 Å². The van der Waals surface area contributed by atoms with E-state index >= 15 is 0 Å². The lowest BCUT2D eigenvalue weighted by Gasteiger charge is -2.30. The molecular formula is C16H26BrN3O. The summed E-state index contributed by atoms with van der Waals surface area (Å²) in [5, 5.41) is 2.86. The molecule has 4 nitrogen and oxygen atoms in total. The predicted molar refractivity (Wildman–Crippen MR) is 91.2 cm³/mol. The SMILES string of the molecule is Cc1cc(NC(=O)CCC(CCN)C(C)(C)C)ncc1Br. The summed E-state index contributed by atoms with van der Waals surface area (Å²) >= 11 is 3.40. The fraction of sp³-hybridized carbons (Fsp3) is 0.625. The van der Waals surface area contributed by atoms with Gasteiger partial charge in [-0.2, -0.15) is 0 Å². The predicted octanol–water partition coefficient (Wildman–Crippen LogP) is 3.88. The molecule has 1 rings (SSSR count). The molecule has 1 atom stereocenters. The number of hydrogen-bond acceptors (Lipinski definition) is 3. The van der Waals surface area contributed by atoms with Crippen molar-refractivity contribution in [2.24, 2.45) is 17.1 Å². The maximum atomic E-state index is 12.1. The van der Waals surface area contributed by atoms with Crippen molar-refractivity contribution in [2.45, 2.75) is 47.0 Å². The monoisotopic (exact) mass is 355 g/mol. The number of nitrogens with two attached hydrogens (primary N) is 1. The molecule has 0 aliphatic heterocycles. The number of carbonyl (C=O) groups is 1. The van der Waals surface area contributed by atoms with E-state index in [9.17, 15) is 4.79 Å². The molecule has 1 heterocycles. The van der Waals surface area contributed by atoms with E-state index < -0.39 is 0 Å². The Bertz CT molecular complexity index is 483. The molecule has 1 unspecified atom stereocenters. The Morgan fingerprint density at radius 3 is 2.62 bits per heavy atom. The number of carbonyl (C=O) groups excluding carboxylic acids is 1. The van der Waals surface area contributed by atoms with E-state index in [4.69, 9.17) is 5.73 Å². The number of anilines is 1. The summed E-state index contributed by atoms with van der Waals surface area (Å²) in [5.74, 6) is 1.06. The smallest absolute Gasteiger partial charge is 0.225 e. The van der Waals surface area contributed by atoms with Crippen molar-refractivity contribution in [3.05, 3.63) is 22.3 Å². The molecule has 1 aromatic heterocycles. The first-order valence-corrected chi connectivity index (χ1v) is 8.15. The Hall–Kier alpha value is -0.940. The van der Waals surface area contributed by atoms with Crippen molar-refractivity contribution in [1.29, 1.82) is 0 Å². The summed E-state index contributed by atoms with van der Waals surface area (Å²) in [6.07, 6.45) is 4.00. The summed E-state index contributed by atoms with van der Waals surface area (Å²) < 4.78 is 0.941. The summed E-state index contributed by atoms with van der Waals surface area (Å²) in [6.45, 7) is 9.23. The van der Waals surface area contributed by atoms with E-state index in [2.05, 4.69) is 47.0 Å². The highest BCUT2D eigenvalue weighted by atomic mass is 79.9. The number of aryl methyl sites for hydroxylation is 1. The maximum Gasteiger partial charge on any atom is 0.225 e. The molecule has 0 radical (unpaired) electrons. The van der Waals surface area contributed by atoms with E-state index in [1.165, 1.54) is 0 Å². The Balaban J connectivity index is 2.54. The van der Waals surface area contributed by atoms with Crippen LogP contribution in [-0.2, 0) is 4.79 Å². The van der Waals surface area contributed by atoms with Crippen LogP contribution in [0.4, 0.5) is 5.82 Å². The summed E-state index contributed by atoms with van der Waals surface area (Å²) in [7, 11) is 0. The third-order valence-electron chi connectivity index (χ3n) is 3.77. The van der Waals surface area contributed by atoms with Crippen molar-refractivity contribution in [1.82, 2.24) is 4.98 Å². The van der Waals surface area contributed by atoms with Crippen LogP contribution >= 0.6 is 15.9 Å². The van der Waals surface area contributed by atoms with Crippen molar-refractivity contribution in [3.63, 3.8) is 0 Å². The Morgan fingerprint density at radius 1 is 1.43 bits per heavy atom. The van der Waals surface area contributed by atoms with Gasteiger partial charge in [-0.05, 0) is 65.2 Å². The number of hydrogen-bond donors (Lipinski definition) is 2. The fourth-order valence-corrected chi connectivity index (χ4v) is 2.55. The van der Waals surface area contributed by atoms with Crippen LogP contribution in [0.5, 0.6) is 0 Å². The molecule has 0 fully saturated rings. The second-order valence-electron chi connectivity index (χ2n) is 6.55. The molecule has 5 heteroatoms. The zero-order valence-electron chi connectivity index (χ0n) is 13.4. The van der Waals surface area contributed by atoms with Crippen LogP contribution in [0.25, 0.3) is 0 Å². The molecule has 0 aromatic carbocycles. The van der Waals surface area contributed by atoms with Gasteiger partial charge in [0.2, 0.25) is 5.91 Å². The van der Waals surface area contributed by atoms with Gasteiger partial charge in [-0.3, -0.25) is 4.79 Å². The van der Waals surface area contributed by atoms with E-state index in [1.54, 1.807) is 6.20 Å². The minimum atomic E-state index is 0.00972. The average molecular weight is 356 g/mol. The van der Waals surface area contributed by atoms with E-state index in [-0.39, 0.29) is 11.3 Å². The number of nitrogens with zero attached hydrogens (tertiary/aromatic N) is 1. The minimum absolute atomic E-state index is 0.00972. The Kier molecular flexibility index (Phi) is 6.81. The van der Waals surface area contributed by atoms with Crippen molar-refractivity contribution >= 4 is 27.7 Å². The number of amides is 1. The molecular weight excluding hydrogens is 330 g/mol. The molecule has 0 aliphatic carbocycles. The van der Waals surface area contributed by atoms with E-state index in [1.807, 2.05) is 13.0 Å². The molecule has 0 spiro atoms. The van der Waals surface area contributed by atoms with Crippen molar-refractivity contribution in [2.75, 3.05) is 11.9 Å². The molecule has 3 N–H and O–H groups in total. The second-order valence-corrected chi connectivity index (χ2v) is 7.40. The van der Waals surface area contributed by atoms with Gasteiger partial charge in [0.25, 0.3) is 0 Å². The molecule has 118 valence electrons. The average Bonchev–Trinajstić information content (AvgIpc) is 2.37. The highest BCUT2D eigenvalue weighted by Gasteiger charge is 2.24. The standard InChI is InChI=1S/C16H26BrN3O/c1-11-9-14(19-10-13(11)17)20-15(21)6-5-12(7-8-18)16(2,3)4/h9-10,12H,5-8,18H2,1-4H3,(H,19,20,21). The van der Waals surface area contributed by atoms with Gasteiger partial charge in [0.1, 0.15) is 5.82 Å². The van der Waals surface area contributed by atoms with Crippen LogP contribution in [-0.4, -0.2) is 17.4 Å². The van der Waals surface area contributed by atoms with Gasteiger partial charge < -0.3 is 11.1 Å². The van der Waals surface area contributed by atoms with Crippen LogP contribution in [0, 0.1) is 18.3 Å². The van der Waals surface area contributed by atoms with Crippen LogP contribution in [0.1, 0.15) is 45.6 Å². The van der Waals surface area contributed by atoms with Crippen LogP contribution in [0.2, 0.25) is 0 Å². The zero-order valence-corrected chi connectivity index (χ0v) is 15.0. The zero-order chi connectivity index (χ0) is 16.0. The third kappa shape index (κ3) is 6.14. The van der Waals surface area contributed by atoms with Crippen LogP contribution in [0.3, 0.4) is 0 Å². The second kappa shape index (κ2) is 7.90. The lowest BCUT2D eigenvalue weighted by Crippen LogP contribution is -2.25. The summed E-state index contributed by atoms with van der Waals surface area (Å²) in [5.41, 5.74) is 6.90. The molecule has 0 bridgehead atoms. The van der Waals surface area contributed by atoms with Crippen LogP contribution in [0.15, 0.2) is 16.7 Å². The van der Waals surface area contributed by atoms with Gasteiger partial charge in [0, 0.05) is 17.1 Å². The first-order chi connectivity index (χ1) is 9.74. The van der Waals surface area contributed by atoms with Gasteiger partial charge in [0.15, 0.2) is 0 Å². The van der Waals surface area contributed by atoms with Gasteiger partial charge in [0.05, 0.1) is 0 Å². The number of rotatable bonds is 6. The summed E-state index contributed by atoms with van der Waals surface area (Å²) in [4.78, 5) is 16.2. The minimum Gasteiger partial charge on any atom is -0.330 e. The maximum absolute atomic E-state index is 12.1. The first-order valence-electron chi connectivity index (χ1n) is 7.36. The quantitative estimate of drug-likeness (QED) is 0.813. The molecule has 21 heavy (non-hydrogen) atoms. The lowest BCUT2D eigenvalue weighted by atomic mass is 9.76. The highest BCUT2D eigenvalue weighted by molar-refractivity contribution is 9.10. The molecule has 0 saturated heterocycles. The normalized spacial score (nSPS) is 13.0. The number of pyridine rings is 1. The first kappa shape index (κ1) is 18.1. The number of aromatic nitrogens is 1. The van der Waals surface area contributed by atoms with Crippen molar-refractivity contribution in [3.8, 4) is 0 Å².